The Morgan fingerprint density at radius 1 is 0.865 bits per heavy atom. The van der Waals surface area contributed by atoms with Crippen molar-refractivity contribution in [2.75, 3.05) is 19.8 Å². The van der Waals surface area contributed by atoms with Crippen molar-refractivity contribution in [1.29, 1.82) is 0 Å². The van der Waals surface area contributed by atoms with Gasteiger partial charge in [-0.25, -0.2) is 4.79 Å². The van der Waals surface area contributed by atoms with E-state index in [1.165, 1.54) is 0 Å². The minimum Gasteiger partial charge on any atom is -0.441 e. The molecule has 1 rings (SSSR count). The molecule has 7 heteroatoms. The van der Waals surface area contributed by atoms with E-state index in [1.807, 2.05) is 55.4 Å². The highest BCUT2D eigenvalue weighted by Crippen LogP contribution is 2.46. The molecule has 0 aromatic rings. The highest BCUT2D eigenvalue weighted by Gasteiger charge is 2.42. The molecular formula is C30H58N2O5. The van der Waals surface area contributed by atoms with Crippen molar-refractivity contribution in [3.8, 4) is 0 Å². The minimum absolute atomic E-state index is 0.0480. The topological polar surface area (TPSA) is 85.9 Å². The largest absolute Gasteiger partial charge is 0.441 e. The van der Waals surface area contributed by atoms with Crippen molar-refractivity contribution in [2.24, 2.45) is 16.2 Å². The predicted molar refractivity (Wildman–Crippen MR) is 151 cm³/mol. The Kier molecular flexibility index (Phi) is 11.1. The average molecular weight is 527 g/mol. The quantitative estimate of drug-likeness (QED) is 0.316. The van der Waals surface area contributed by atoms with Crippen LogP contribution in [0.1, 0.15) is 122 Å². The summed E-state index contributed by atoms with van der Waals surface area (Å²) in [7, 11) is 0. The summed E-state index contributed by atoms with van der Waals surface area (Å²) in [6.45, 7) is 28.1. The fourth-order valence-electron chi connectivity index (χ4n) is 5.30. The molecule has 0 heterocycles. The zero-order valence-corrected chi connectivity index (χ0v) is 26.3. The molecule has 0 aromatic heterocycles. The molecular weight excluding hydrogens is 468 g/mol. The lowest BCUT2D eigenvalue weighted by Gasteiger charge is -2.47. The summed E-state index contributed by atoms with van der Waals surface area (Å²) in [5, 5.41) is 6.30. The van der Waals surface area contributed by atoms with Gasteiger partial charge in [0.1, 0.15) is 5.60 Å². The fourth-order valence-corrected chi connectivity index (χ4v) is 5.30. The minimum atomic E-state index is -0.731. The molecule has 1 aliphatic carbocycles. The van der Waals surface area contributed by atoms with Gasteiger partial charge < -0.3 is 24.8 Å². The summed E-state index contributed by atoms with van der Waals surface area (Å²) >= 11 is 0. The van der Waals surface area contributed by atoms with Crippen LogP contribution in [-0.4, -0.2) is 54.6 Å². The van der Waals surface area contributed by atoms with Crippen LogP contribution in [0.5, 0.6) is 0 Å². The number of hydrogen-bond donors (Lipinski definition) is 2. The molecule has 218 valence electrons. The number of nitrogens with one attached hydrogen (secondary N) is 2. The Morgan fingerprint density at radius 3 is 1.97 bits per heavy atom. The zero-order valence-electron chi connectivity index (χ0n) is 26.3. The summed E-state index contributed by atoms with van der Waals surface area (Å²) < 4.78 is 17.3. The van der Waals surface area contributed by atoms with Crippen LogP contribution >= 0.6 is 0 Å². The van der Waals surface area contributed by atoms with Crippen LogP contribution in [0.15, 0.2) is 0 Å². The molecule has 37 heavy (non-hydrogen) atoms. The summed E-state index contributed by atoms with van der Waals surface area (Å²) in [6, 6.07) is 0.0670. The third kappa shape index (κ3) is 15.0. The van der Waals surface area contributed by atoms with Gasteiger partial charge in [0.05, 0.1) is 17.8 Å². The second-order valence-corrected chi connectivity index (χ2v) is 15.8. The Hall–Kier alpha value is -1.34. The van der Waals surface area contributed by atoms with Crippen LogP contribution in [0, 0.1) is 16.2 Å². The first-order valence-corrected chi connectivity index (χ1v) is 13.9. The van der Waals surface area contributed by atoms with Gasteiger partial charge in [-0.15, -0.1) is 0 Å². The van der Waals surface area contributed by atoms with Gasteiger partial charge in [0.15, 0.2) is 0 Å². The van der Waals surface area contributed by atoms with Crippen LogP contribution in [0.4, 0.5) is 4.79 Å². The summed E-state index contributed by atoms with van der Waals surface area (Å²) in [5.41, 5.74) is -1.45. The monoisotopic (exact) mass is 526 g/mol. The SMILES string of the molecule is CC(C)(CCOC(C)(C)C)CC(=O)NC1CC(C)(C)CC(C)(CNC(=O)OC(C)(C)COC(C)(C)C)C1. The normalized spacial score (nSPS) is 22.9. The van der Waals surface area contributed by atoms with Crippen molar-refractivity contribution in [3.05, 3.63) is 0 Å². The van der Waals surface area contributed by atoms with E-state index in [2.05, 4.69) is 45.3 Å². The maximum absolute atomic E-state index is 13.0. The van der Waals surface area contributed by atoms with Gasteiger partial charge in [-0.05, 0) is 97.3 Å². The lowest BCUT2D eigenvalue weighted by molar-refractivity contribution is -0.125. The first-order chi connectivity index (χ1) is 16.4. The highest BCUT2D eigenvalue weighted by molar-refractivity contribution is 5.77. The highest BCUT2D eigenvalue weighted by atomic mass is 16.6. The number of rotatable bonds is 11. The van der Waals surface area contributed by atoms with E-state index >= 15 is 0 Å². The Morgan fingerprint density at radius 2 is 1.43 bits per heavy atom. The predicted octanol–water partition coefficient (Wildman–Crippen LogP) is 6.63. The van der Waals surface area contributed by atoms with Gasteiger partial charge in [0.25, 0.3) is 0 Å². The molecule has 0 bridgehead atoms. The van der Waals surface area contributed by atoms with Crippen molar-refractivity contribution < 1.29 is 23.8 Å². The Labute approximate surface area is 227 Å². The molecule has 2 amide bonds. The van der Waals surface area contributed by atoms with Crippen molar-refractivity contribution in [2.45, 2.75) is 145 Å². The van der Waals surface area contributed by atoms with E-state index in [9.17, 15) is 9.59 Å². The van der Waals surface area contributed by atoms with Crippen molar-refractivity contribution >= 4 is 12.0 Å². The van der Waals surface area contributed by atoms with E-state index in [0.29, 0.717) is 26.2 Å². The fraction of sp³-hybridized carbons (Fsp3) is 0.933. The first-order valence-electron chi connectivity index (χ1n) is 13.9. The summed E-state index contributed by atoms with van der Waals surface area (Å²) in [6.07, 6.45) is 3.54. The first kappa shape index (κ1) is 33.7. The van der Waals surface area contributed by atoms with E-state index < -0.39 is 11.7 Å². The van der Waals surface area contributed by atoms with Crippen LogP contribution in [0.3, 0.4) is 0 Å². The number of alkyl carbamates (subject to hydrolysis) is 1. The standard InChI is InChI=1S/C30H58N2O5/c1-25(2,3)35-15-14-27(7,8)18-23(33)32-22-16-28(9,10)19-30(13,17-22)20-31-24(34)37-29(11,12)21-36-26(4,5)6/h22H,14-21H2,1-13H3,(H,31,34)(H,32,33). The van der Waals surface area contributed by atoms with Gasteiger partial charge in [-0.3, -0.25) is 4.79 Å². The second kappa shape index (κ2) is 12.2. The third-order valence-electron chi connectivity index (χ3n) is 6.64. The second-order valence-electron chi connectivity index (χ2n) is 15.8. The van der Waals surface area contributed by atoms with E-state index in [-0.39, 0.29) is 39.4 Å². The number of ether oxygens (including phenoxy) is 3. The molecule has 0 radical (unpaired) electrons. The van der Waals surface area contributed by atoms with Crippen molar-refractivity contribution in [1.82, 2.24) is 10.6 Å². The van der Waals surface area contributed by atoms with E-state index in [4.69, 9.17) is 14.2 Å². The molecule has 1 saturated carbocycles. The molecule has 0 saturated heterocycles. The van der Waals surface area contributed by atoms with Gasteiger partial charge in [-0.1, -0.05) is 34.6 Å². The number of carbonyl (C=O) groups excluding carboxylic acids is 2. The maximum atomic E-state index is 13.0. The number of hydrogen-bond acceptors (Lipinski definition) is 5. The van der Waals surface area contributed by atoms with Gasteiger partial charge >= 0.3 is 6.09 Å². The van der Waals surface area contributed by atoms with E-state index in [0.717, 1.165) is 25.7 Å². The molecule has 2 atom stereocenters. The zero-order chi connectivity index (χ0) is 28.9. The molecule has 0 aliphatic heterocycles. The summed E-state index contributed by atoms with van der Waals surface area (Å²) in [4.78, 5) is 25.6. The lowest BCUT2D eigenvalue weighted by atomic mass is 9.62. The van der Waals surface area contributed by atoms with Crippen LogP contribution in [0.25, 0.3) is 0 Å². The molecule has 7 nitrogen and oxygen atoms in total. The molecule has 1 fully saturated rings. The van der Waals surface area contributed by atoms with Gasteiger partial charge in [-0.2, -0.15) is 0 Å². The Balaban J connectivity index is 2.67. The summed E-state index contributed by atoms with van der Waals surface area (Å²) in [5.74, 6) is 0.0822. The molecule has 2 N–H and O–H groups in total. The molecule has 0 aromatic carbocycles. The smallest absolute Gasteiger partial charge is 0.407 e. The maximum Gasteiger partial charge on any atom is 0.407 e. The molecule has 2 unspecified atom stereocenters. The van der Waals surface area contributed by atoms with E-state index in [1.54, 1.807) is 0 Å². The number of amides is 2. The number of carbonyl (C=O) groups is 2. The van der Waals surface area contributed by atoms with Crippen LogP contribution in [-0.2, 0) is 19.0 Å². The van der Waals surface area contributed by atoms with Crippen LogP contribution in [0.2, 0.25) is 0 Å². The third-order valence-corrected chi connectivity index (χ3v) is 6.64. The van der Waals surface area contributed by atoms with Gasteiger partial charge in [0, 0.05) is 25.6 Å². The molecule has 1 aliphatic rings. The van der Waals surface area contributed by atoms with Gasteiger partial charge in [0.2, 0.25) is 5.91 Å². The lowest BCUT2D eigenvalue weighted by Crippen LogP contribution is -2.51. The van der Waals surface area contributed by atoms with Crippen LogP contribution < -0.4 is 10.6 Å². The average Bonchev–Trinajstić information content (AvgIpc) is 2.60. The van der Waals surface area contributed by atoms with Crippen molar-refractivity contribution in [3.63, 3.8) is 0 Å². The molecule has 0 spiro atoms. The Bertz CT molecular complexity index is 761.